The fourth-order valence-electron chi connectivity index (χ4n) is 2.65. The number of aryl methyl sites for hydroxylation is 2. The maximum absolute atomic E-state index is 13.3. The Hall–Kier alpha value is -2.96. The van der Waals surface area contributed by atoms with Crippen LogP contribution in [0.15, 0.2) is 40.9 Å². The molecule has 2 aromatic heterocycles. The van der Waals surface area contributed by atoms with Gasteiger partial charge in [0.2, 0.25) is 5.91 Å². The van der Waals surface area contributed by atoms with Crippen LogP contribution >= 0.6 is 0 Å². The fourth-order valence-corrected chi connectivity index (χ4v) is 2.65. The van der Waals surface area contributed by atoms with E-state index in [1.807, 2.05) is 19.9 Å². The van der Waals surface area contributed by atoms with Crippen LogP contribution in [0.25, 0.3) is 11.3 Å². The van der Waals surface area contributed by atoms with Gasteiger partial charge >= 0.3 is 0 Å². The molecule has 7 heteroatoms. The third-order valence-electron chi connectivity index (χ3n) is 3.91. The van der Waals surface area contributed by atoms with Gasteiger partial charge < -0.3 is 9.84 Å². The van der Waals surface area contributed by atoms with E-state index in [4.69, 9.17) is 4.52 Å². The molecule has 25 heavy (non-hydrogen) atoms. The van der Waals surface area contributed by atoms with Gasteiger partial charge in [0.1, 0.15) is 17.6 Å². The lowest BCUT2D eigenvalue weighted by Gasteiger charge is -2.13. The van der Waals surface area contributed by atoms with E-state index >= 15 is 0 Å². The van der Waals surface area contributed by atoms with E-state index in [0.717, 1.165) is 11.4 Å². The number of amides is 1. The van der Waals surface area contributed by atoms with Crippen LogP contribution in [0.2, 0.25) is 0 Å². The van der Waals surface area contributed by atoms with Gasteiger partial charge in [-0.2, -0.15) is 5.10 Å². The topological polar surface area (TPSA) is 73.0 Å². The van der Waals surface area contributed by atoms with Gasteiger partial charge in [0, 0.05) is 17.3 Å². The lowest BCUT2D eigenvalue weighted by molar-refractivity contribution is -0.124. The van der Waals surface area contributed by atoms with Crippen molar-refractivity contribution in [2.45, 2.75) is 33.4 Å². The van der Waals surface area contributed by atoms with Gasteiger partial charge in [-0.1, -0.05) is 17.3 Å². The van der Waals surface area contributed by atoms with Crippen molar-refractivity contribution in [2.24, 2.45) is 0 Å². The minimum atomic E-state index is -0.431. The summed E-state index contributed by atoms with van der Waals surface area (Å²) in [5.74, 6) is -0.0165. The number of halogens is 1. The maximum Gasteiger partial charge on any atom is 0.244 e. The van der Waals surface area contributed by atoms with Crippen molar-refractivity contribution in [1.82, 2.24) is 20.3 Å². The Bertz CT molecular complexity index is 900. The SMILES string of the molecule is Cc1cc(C)n([C@@H](C)C(=O)NCc2cc(-c3cccc(F)c3)no2)n1. The molecule has 1 atom stereocenters. The molecule has 130 valence electrons. The van der Waals surface area contributed by atoms with Crippen molar-refractivity contribution in [3.8, 4) is 11.3 Å². The second kappa shape index (κ2) is 6.88. The number of nitrogens with one attached hydrogen (secondary N) is 1. The molecule has 3 rings (SSSR count). The molecule has 2 heterocycles. The van der Waals surface area contributed by atoms with E-state index < -0.39 is 6.04 Å². The molecule has 0 saturated heterocycles. The predicted octanol–water partition coefficient (Wildman–Crippen LogP) is 3.17. The summed E-state index contributed by atoms with van der Waals surface area (Å²) in [5, 5.41) is 11.0. The maximum atomic E-state index is 13.3. The fraction of sp³-hybridized carbons (Fsp3) is 0.278. The molecular formula is C18H19FN4O2. The first kappa shape index (κ1) is 16.9. The first-order chi connectivity index (χ1) is 11.9. The molecule has 1 amide bonds. The minimum Gasteiger partial charge on any atom is -0.359 e. The summed E-state index contributed by atoms with van der Waals surface area (Å²) in [6.07, 6.45) is 0. The van der Waals surface area contributed by atoms with Gasteiger partial charge in [0.25, 0.3) is 0 Å². The summed E-state index contributed by atoms with van der Waals surface area (Å²) < 4.78 is 20.2. The number of aromatic nitrogens is 3. The summed E-state index contributed by atoms with van der Waals surface area (Å²) in [5.41, 5.74) is 2.94. The van der Waals surface area contributed by atoms with E-state index in [0.29, 0.717) is 17.0 Å². The third-order valence-corrected chi connectivity index (χ3v) is 3.91. The Morgan fingerprint density at radius 2 is 2.12 bits per heavy atom. The molecule has 1 aromatic carbocycles. The lowest BCUT2D eigenvalue weighted by atomic mass is 10.1. The highest BCUT2D eigenvalue weighted by Crippen LogP contribution is 2.20. The van der Waals surface area contributed by atoms with Crippen LogP contribution in [0.4, 0.5) is 4.39 Å². The van der Waals surface area contributed by atoms with Gasteiger partial charge in [-0.15, -0.1) is 0 Å². The molecule has 0 unspecified atom stereocenters. The molecule has 1 N–H and O–H groups in total. The minimum absolute atomic E-state index is 0.171. The largest absolute Gasteiger partial charge is 0.359 e. The number of benzene rings is 1. The number of nitrogens with zero attached hydrogens (tertiary/aromatic N) is 3. The number of hydrogen-bond acceptors (Lipinski definition) is 4. The Morgan fingerprint density at radius 1 is 1.32 bits per heavy atom. The van der Waals surface area contributed by atoms with Crippen molar-refractivity contribution in [2.75, 3.05) is 0 Å². The summed E-state index contributed by atoms with van der Waals surface area (Å²) >= 11 is 0. The molecule has 6 nitrogen and oxygen atoms in total. The number of carbonyl (C=O) groups excluding carboxylic acids is 1. The van der Waals surface area contributed by atoms with Crippen molar-refractivity contribution in [1.29, 1.82) is 0 Å². The molecule has 0 spiro atoms. The number of rotatable bonds is 5. The molecule has 0 aliphatic heterocycles. The zero-order valence-corrected chi connectivity index (χ0v) is 14.3. The second-order valence-corrected chi connectivity index (χ2v) is 5.95. The number of hydrogen-bond donors (Lipinski definition) is 1. The predicted molar refractivity (Wildman–Crippen MR) is 90.2 cm³/mol. The third kappa shape index (κ3) is 3.76. The molecule has 3 aromatic rings. The molecule has 0 fully saturated rings. The Morgan fingerprint density at radius 3 is 2.80 bits per heavy atom. The highest BCUT2D eigenvalue weighted by atomic mass is 19.1. The van der Waals surface area contributed by atoms with Crippen LogP contribution in [-0.4, -0.2) is 20.8 Å². The van der Waals surface area contributed by atoms with Gasteiger partial charge in [-0.3, -0.25) is 9.48 Å². The summed E-state index contributed by atoms with van der Waals surface area (Å²) in [6.45, 7) is 5.78. The Labute approximate surface area is 144 Å². The van der Waals surface area contributed by atoms with E-state index in [1.165, 1.54) is 12.1 Å². The van der Waals surface area contributed by atoms with Crippen molar-refractivity contribution < 1.29 is 13.7 Å². The van der Waals surface area contributed by atoms with Crippen LogP contribution in [-0.2, 0) is 11.3 Å². The lowest BCUT2D eigenvalue weighted by Crippen LogP contribution is -2.31. The summed E-state index contributed by atoms with van der Waals surface area (Å²) in [7, 11) is 0. The first-order valence-electron chi connectivity index (χ1n) is 7.96. The Kier molecular flexibility index (Phi) is 4.65. The van der Waals surface area contributed by atoms with Gasteiger partial charge in [0.15, 0.2) is 5.76 Å². The average molecular weight is 342 g/mol. The standard InChI is InChI=1S/C18H19FN4O2/c1-11-7-12(2)23(21-11)13(3)18(24)20-10-16-9-17(22-25-16)14-5-4-6-15(19)8-14/h4-9,13H,10H2,1-3H3,(H,20,24)/t13-/m0/s1. The van der Waals surface area contributed by atoms with E-state index in [2.05, 4.69) is 15.6 Å². The molecule has 0 aliphatic carbocycles. The van der Waals surface area contributed by atoms with Crippen molar-refractivity contribution in [3.05, 3.63) is 59.4 Å². The highest BCUT2D eigenvalue weighted by molar-refractivity contribution is 5.79. The quantitative estimate of drug-likeness (QED) is 0.773. The highest BCUT2D eigenvalue weighted by Gasteiger charge is 2.18. The smallest absolute Gasteiger partial charge is 0.244 e. The molecule has 0 bridgehead atoms. The van der Waals surface area contributed by atoms with E-state index in [1.54, 1.807) is 29.8 Å². The number of carbonyl (C=O) groups is 1. The van der Waals surface area contributed by atoms with Crippen LogP contribution in [0.5, 0.6) is 0 Å². The van der Waals surface area contributed by atoms with Crippen molar-refractivity contribution >= 4 is 5.91 Å². The average Bonchev–Trinajstić information content (AvgIpc) is 3.18. The van der Waals surface area contributed by atoms with Crippen LogP contribution in [0.1, 0.15) is 30.1 Å². The Balaban J connectivity index is 1.64. The normalized spacial score (nSPS) is 12.2. The first-order valence-corrected chi connectivity index (χ1v) is 7.96. The second-order valence-electron chi connectivity index (χ2n) is 5.95. The summed E-state index contributed by atoms with van der Waals surface area (Å²) in [6, 6.07) is 9.27. The van der Waals surface area contributed by atoms with Gasteiger partial charge in [0.05, 0.1) is 12.2 Å². The van der Waals surface area contributed by atoms with E-state index in [-0.39, 0.29) is 18.3 Å². The van der Waals surface area contributed by atoms with Crippen LogP contribution in [0.3, 0.4) is 0 Å². The van der Waals surface area contributed by atoms with Gasteiger partial charge in [-0.05, 0) is 39.0 Å². The molecule has 0 aliphatic rings. The zero-order valence-electron chi connectivity index (χ0n) is 14.3. The van der Waals surface area contributed by atoms with Crippen LogP contribution < -0.4 is 5.32 Å². The van der Waals surface area contributed by atoms with Gasteiger partial charge in [-0.25, -0.2) is 4.39 Å². The van der Waals surface area contributed by atoms with Crippen LogP contribution in [0, 0.1) is 19.7 Å². The summed E-state index contributed by atoms with van der Waals surface area (Å²) in [4.78, 5) is 12.3. The van der Waals surface area contributed by atoms with Crippen molar-refractivity contribution in [3.63, 3.8) is 0 Å². The monoisotopic (exact) mass is 342 g/mol. The molecule has 0 saturated carbocycles. The zero-order chi connectivity index (χ0) is 18.0. The molecular weight excluding hydrogens is 323 g/mol. The van der Waals surface area contributed by atoms with E-state index in [9.17, 15) is 9.18 Å². The molecule has 0 radical (unpaired) electrons.